The highest BCUT2D eigenvalue weighted by Gasteiger charge is 2.48. The number of aromatic nitrogens is 2. The molecule has 2 aromatic heterocycles. The van der Waals surface area contributed by atoms with E-state index < -0.39 is 43.0 Å². The van der Waals surface area contributed by atoms with Crippen molar-refractivity contribution in [1.82, 2.24) is 4.98 Å². The Morgan fingerprint density at radius 2 is 1.97 bits per heavy atom. The molecule has 1 fully saturated rings. The van der Waals surface area contributed by atoms with E-state index in [0.717, 1.165) is 0 Å². The van der Waals surface area contributed by atoms with Crippen molar-refractivity contribution in [2.45, 2.75) is 38.4 Å². The average Bonchev–Trinajstić information content (AvgIpc) is 3.09. The maximum absolute atomic E-state index is 12.5. The zero-order chi connectivity index (χ0) is 22.3. The minimum Gasteiger partial charge on any atom is -0.464 e. The highest BCUT2D eigenvalue weighted by Crippen LogP contribution is 2.25. The lowest BCUT2D eigenvalue weighted by Crippen LogP contribution is -2.46. The van der Waals surface area contributed by atoms with Gasteiger partial charge < -0.3 is 30.1 Å². The predicted octanol–water partition coefficient (Wildman–Crippen LogP) is 0.0457. The van der Waals surface area contributed by atoms with Crippen LogP contribution in [0.15, 0.2) is 42.9 Å². The van der Waals surface area contributed by atoms with Gasteiger partial charge in [0.2, 0.25) is 0 Å². The van der Waals surface area contributed by atoms with Gasteiger partial charge in [-0.1, -0.05) is 13.8 Å². The Morgan fingerprint density at radius 3 is 2.53 bits per heavy atom. The number of esters is 1. The summed E-state index contributed by atoms with van der Waals surface area (Å²) in [5, 5.41) is 31.8. The van der Waals surface area contributed by atoms with Gasteiger partial charge in [-0.2, -0.15) is 4.57 Å². The molecule has 0 spiro atoms. The molecule has 0 bridgehead atoms. The summed E-state index contributed by atoms with van der Waals surface area (Å²) < 4.78 is 11.5. The molecule has 1 amide bonds. The van der Waals surface area contributed by atoms with Gasteiger partial charge in [0.05, 0.1) is 25.6 Å². The lowest BCUT2D eigenvalue weighted by molar-refractivity contribution is -0.765. The zero-order valence-corrected chi connectivity index (χ0v) is 16.9. The normalized spacial score (nSPS) is 22.6. The van der Waals surface area contributed by atoms with Crippen LogP contribution in [0.3, 0.4) is 0 Å². The van der Waals surface area contributed by atoms with E-state index in [9.17, 15) is 24.9 Å². The smallest absolute Gasteiger partial charge is 0.356 e. The third kappa shape index (κ3) is 5.16. The molecule has 1 aliphatic heterocycles. The molecule has 30 heavy (non-hydrogen) atoms. The number of carbonyl (C=O) groups excluding carboxylic acids is 2. The summed E-state index contributed by atoms with van der Waals surface area (Å²) in [7, 11) is 1.25. The van der Waals surface area contributed by atoms with Crippen LogP contribution >= 0.6 is 0 Å². The molecule has 0 aliphatic carbocycles. The minimum atomic E-state index is -1.25. The number of anilines is 1. The highest BCUT2D eigenvalue weighted by atomic mass is 16.6. The number of rotatable bonds is 5. The van der Waals surface area contributed by atoms with Crippen LogP contribution in [0, 0.1) is 0 Å². The molecule has 3 heterocycles. The maximum atomic E-state index is 12.5. The van der Waals surface area contributed by atoms with Gasteiger partial charge in [0.1, 0.15) is 23.5 Å². The summed E-state index contributed by atoms with van der Waals surface area (Å²) in [6, 6.07) is 6.08. The van der Waals surface area contributed by atoms with Crippen molar-refractivity contribution < 1.29 is 38.9 Å². The molecule has 162 valence electrons. The molecule has 0 saturated carbocycles. The number of hydrogen-bond donors (Lipinski definition) is 4. The van der Waals surface area contributed by atoms with Crippen molar-refractivity contribution >= 4 is 17.6 Å². The topological polar surface area (TPSA) is 142 Å². The van der Waals surface area contributed by atoms with Crippen LogP contribution in [0.4, 0.5) is 5.69 Å². The number of ether oxygens (including phenoxy) is 2. The number of aliphatic hydroxyl groups is 3. The molecule has 4 atom stereocenters. The van der Waals surface area contributed by atoms with Crippen molar-refractivity contribution in [2.75, 3.05) is 19.0 Å². The van der Waals surface area contributed by atoms with E-state index in [4.69, 9.17) is 4.74 Å². The third-order valence-electron chi connectivity index (χ3n) is 4.31. The van der Waals surface area contributed by atoms with Crippen molar-refractivity contribution in [1.29, 1.82) is 0 Å². The molecular formula is C20H26N3O7+. The first kappa shape index (κ1) is 23.4. The Hall–Kier alpha value is -2.92. The van der Waals surface area contributed by atoms with E-state index in [1.54, 1.807) is 18.3 Å². The van der Waals surface area contributed by atoms with Crippen LogP contribution in [0.25, 0.3) is 0 Å². The predicted molar refractivity (Wildman–Crippen MR) is 105 cm³/mol. The largest absolute Gasteiger partial charge is 0.464 e. The summed E-state index contributed by atoms with van der Waals surface area (Å²) in [5.41, 5.74) is 0.751. The van der Waals surface area contributed by atoms with Gasteiger partial charge in [-0.3, -0.25) is 4.79 Å². The Morgan fingerprint density at radius 1 is 1.23 bits per heavy atom. The van der Waals surface area contributed by atoms with E-state index in [1.807, 2.05) is 13.8 Å². The number of nitrogens with one attached hydrogen (secondary N) is 1. The van der Waals surface area contributed by atoms with E-state index in [1.165, 1.54) is 36.2 Å². The Kier molecular flexibility index (Phi) is 8.36. The Labute approximate surface area is 173 Å². The monoisotopic (exact) mass is 420 g/mol. The SMILES string of the molecule is CC.COC(=O)c1ccc(NC(=O)c2ccc[n+](C3OC(CO)[C@@H](O)[C@H]3O)c2)cn1. The number of amides is 1. The van der Waals surface area contributed by atoms with E-state index >= 15 is 0 Å². The van der Waals surface area contributed by atoms with Gasteiger partial charge in [0.25, 0.3) is 12.1 Å². The molecule has 3 rings (SSSR count). The molecule has 1 aliphatic rings. The summed E-state index contributed by atoms with van der Waals surface area (Å²) in [5.74, 6) is -1.03. The molecule has 0 radical (unpaired) electrons. The lowest BCUT2D eigenvalue weighted by Gasteiger charge is -2.10. The first-order chi connectivity index (χ1) is 14.4. The fourth-order valence-electron chi connectivity index (χ4n) is 2.81. The van der Waals surface area contributed by atoms with Crippen LogP contribution in [0.2, 0.25) is 0 Å². The first-order valence-electron chi connectivity index (χ1n) is 9.43. The minimum absolute atomic E-state index is 0.113. The summed E-state index contributed by atoms with van der Waals surface area (Å²) in [6.45, 7) is 3.56. The van der Waals surface area contributed by atoms with Crippen LogP contribution < -0.4 is 9.88 Å². The van der Waals surface area contributed by atoms with E-state index in [-0.39, 0.29) is 11.3 Å². The Bertz CT molecular complexity index is 860. The van der Waals surface area contributed by atoms with Crippen LogP contribution in [-0.4, -0.2) is 64.2 Å². The fraction of sp³-hybridized carbons (Fsp3) is 0.400. The molecule has 10 nitrogen and oxygen atoms in total. The van der Waals surface area contributed by atoms with Crippen molar-refractivity contribution in [3.05, 3.63) is 54.1 Å². The van der Waals surface area contributed by atoms with Crippen molar-refractivity contribution in [2.24, 2.45) is 0 Å². The van der Waals surface area contributed by atoms with Crippen molar-refractivity contribution in [3.8, 4) is 0 Å². The van der Waals surface area contributed by atoms with Crippen molar-refractivity contribution in [3.63, 3.8) is 0 Å². The van der Waals surface area contributed by atoms with Gasteiger partial charge in [0.15, 0.2) is 18.5 Å². The molecule has 2 unspecified atom stereocenters. The highest BCUT2D eigenvalue weighted by molar-refractivity contribution is 6.03. The van der Waals surface area contributed by atoms with Gasteiger partial charge in [-0.05, 0) is 18.2 Å². The fourth-order valence-corrected chi connectivity index (χ4v) is 2.81. The number of carbonyl (C=O) groups is 2. The summed E-state index contributed by atoms with van der Waals surface area (Å²) >= 11 is 0. The standard InChI is InChI=1S/C18H19N3O7.C2H6/c1-27-18(26)12-5-4-11(7-19-12)20-16(25)10-3-2-6-21(8-10)17-15(24)14(23)13(9-22)28-17;1-2/h2-8,13-15,17,22-24H,9H2,1H3;1-2H3/p+1/t13?,14-,15-,17?;/m1./s1. The van der Waals surface area contributed by atoms with Gasteiger partial charge >= 0.3 is 5.97 Å². The number of pyridine rings is 2. The first-order valence-corrected chi connectivity index (χ1v) is 9.43. The van der Waals surface area contributed by atoms with Crippen LogP contribution in [0.5, 0.6) is 0 Å². The second-order valence-electron chi connectivity index (χ2n) is 6.15. The van der Waals surface area contributed by atoms with E-state index in [0.29, 0.717) is 5.69 Å². The summed E-state index contributed by atoms with van der Waals surface area (Å²) in [4.78, 5) is 27.8. The molecule has 2 aromatic rings. The molecule has 0 aromatic carbocycles. The van der Waals surface area contributed by atoms with Gasteiger partial charge in [-0.25, -0.2) is 9.78 Å². The second kappa shape index (κ2) is 10.7. The zero-order valence-electron chi connectivity index (χ0n) is 16.9. The lowest BCUT2D eigenvalue weighted by atomic mass is 10.1. The van der Waals surface area contributed by atoms with Gasteiger partial charge in [-0.15, -0.1) is 0 Å². The number of nitrogens with zero attached hydrogens (tertiary/aromatic N) is 2. The number of hydrogen-bond acceptors (Lipinski definition) is 8. The third-order valence-corrected chi connectivity index (χ3v) is 4.31. The summed E-state index contributed by atoms with van der Waals surface area (Å²) in [6.07, 6.45) is 0.00314. The second-order valence-corrected chi connectivity index (χ2v) is 6.15. The molecule has 4 N–H and O–H groups in total. The molecule has 10 heteroatoms. The molecule has 1 saturated heterocycles. The quantitative estimate of drug-likeness (QED) is 0.393. The Balaban J connectivity index is 0.00000155. The molecular weight excluding hydrogens is 394 g/mol. The maximum Gasteiger partial charge on any atom is 0.356 e. The van der Waals surface area contributed by atoms with Gasteiger partial charge in [0, 0.05) is 6.07 Å². The number of methoxy groups -OCH3 is 1. The van der Waals surface area contributed by atoms with Crippen LogP contribution in [0.1, 0.15) is 40.9 Å². The number of aliphatic hydroxyl groups excluding tert-OH is 3. The average molecular weight is 420 g/mol. The van der Waals surface area contributed by atoms with Crippen LogP contribution in [-0.2, 0) is 9.47 Å². The van der Waals surface area contributed by atoms with E-state index in [2.05, 4.69) is 15.0 Å².